The first kappa shape index (κ1) is 21.1. The Balaban J connectivity index is 1.19. The Morgan fingerprint density at radius 3 is 2.33 bits per heavy atom. The third-order valence-corrected chi connectivity index (χ3v) is 6.43. The quantitative estimate of drug-likeness (QED) is 0.730. The molecule has 1 saturated carbocycles. The average Bonchev–Trinajstić information content (AvgIpc) is 2.80. The Morgan fingerprint density at radius 2 is 1.63 bits per heavy atom. The highest BCUT2D eigenvalue weighted by molar-refractivity contribution is 5.48. The minimum Gasteiger partial charge on any atom is -0.491 e. The van der Waals surface area contributed by atoms with Crippen LogP contribution in [0, 0.1) is 5.82 Å². The summed E-state index contributed by atoms with van der Waals surface area (Å²) in [4.78, 5) is 4.29. The molecule has 162 valence electrons. The van der Waals surface area contributed by atoms with Crippen molar-refractivity contribution in [3.63, 3.8) is 0 Å². The van der Waals surface area contributed by atoms with Gasteiger partial charge in [0.25, 0.3) is 0 Å². The first-order valence-electron chi connectivity index (χ1n) is 11.3. The second-order valence-electron chi connectivity index (χ2n) is 8.61. The molecule has 4 nitrogen and oxygen atoms in total. The van der Waals surface area contributed by atoms with Crippen LogP contribution in [0.2, 0.25) is 0 Å². The van der Waals surface area contributed by atoms with E-state index in [9.17, 15) is 9.50 Å². The number of halogens is 1. The number of hydrogen-bond donors (Lipinski definition) is 1. The summed E-state index contributed by atoms with van der Waals surface area (Å²) in [7, 11) is 0. The van der Waals surface area contributed by atoms with Crippen molar-refractivity contribution < 1.29 is 14.2 Å². The van der Waals surface area contributed by atoms with Gasteiger partial charge in [0.2, 0.25) is 0 Å². The van der Waals surface area contributed by atoms with Gasteiger partial charge in [0, 0.05) is 32.7 Å². The normalized spacial score (nSPS) is 19.6. The summed E-state index contributed by atoms with van der Waals surface area (Å²) in [5, 5.41) is 10.4. The molecule has 1 saturated heterocycles. The second-order valence-corrected chi connectivity index (χ2v) is 8.61. The van der Waals surface area contributed by atoms with Crippen molar-refractivity contribution in [1.82, 2.24) is 4.90 Å². The van der Waals surface area contributed by atoms with Crippen LogP contribution in [0.5, 0.6) is 5.75 Å². The molecular formula is C25H33FN2O2. The highest BCUT2D eigenvalue weighted by atomic mass is 19.1. The van der Waals surface area contributed by atoms with Gasteiger partial charge in [-0.3, -0.25) is 4.90 Å². The Hall–Kier alpha value is -2.11. The SMILES string of the molecule is O[C@H](COc1ccc(C2CCCCC2)cc1)CN1CCN(c2ccccc2F)CC1. The fourth-order valence-corrected chi connectivity index (χ4v) is 4.69. The van der Waals surface area contributed by atoms with Crippen molar-refractivity contribution in [2.75, 3.05) is 44.2 Å². The maximum absolute atomic E-state index is 14.0. The van der Waals surface area contributed by atoms with Crippen molar-refractivity contribution in [3.8, 4) is 5.75 Å². The zero-order valence-corrected chi connectivity index (χ0v) is 17.7. The molecule has 2 fully saturated rings. The lowest BCUT2D eigenvalue weighted by atomic mass is 9.84. The van der Waals surface area contributed by atoms with Gasteiger partial charge in [0.15, 0.2) is 0 Å². The first-order valence-corrected chi connectivity index (χ1v) is 11.3. The maximum atomic E-state index is 14.0. The molecule has 0 radical (unpaired) electrons. The highest BCUT2D eigenvalue weighted by Crippen LogP contribution is 2.33. The number of nitrogens with zero attached hydrogens (tertiary/aromatic N) is 2. The molecule has 1 atom stereocenters. The summed E-state index contributed by atoms with van der Waals surface area (Å²) in [6.07, 6.45) is 6.09. The minimum absolute atomic E-state index is 0.172. The lowest BCUT2D eigenvalue weighted by molar-refractivity contribution is 0.0662. The second kappa shape index (κ2) is 10.3. The largest absolute Gasteiger partial charge is 0.491 e. The Morgan fingerprint density at radius 1 is 0.933 bits per heavy atom. The number of rotatable bonds is 7. The molecule has 1 aliphatic heterocycles. The molecule has 1 N–H and O–H groups in total. The van der Waals surface area contributed by atoms with E-state index in [0.717, 1.165) is 31.9 Å². The summed E-state index contributed by atoms with van der Waals surface area (Å²) in [6, 6.07) is 15.3. The van der Waals surface area contributed by atoms with Gasteiger partial charge in [-0.2, -0.15) is 0 Å². The fourth-order valence-electron chi connectivity index (χ4n) is 4.69. The van der Waals surface area contributed by atoms with Crippen LogP contribution in [0.25, 0.3) is 0 Å². The number of β-amino-alcohol motifs (C(OH)–C–C–N with tert-alkyl or cyclic N) is 1. The number of anilines is 1. The monoisotopic (exact) mass is 412 g/mol. The van der Waals surface area contributed by atoms with E-state index in [1.807, 2.05) is 24.3 Å². The van der Waals surface area contributed by atoms with Crippen molar-refractivity contribution >= 4 is 5.69 Å². The van der Waals surface area contributed by atoms with Crippen LogP contribution in [-0.4, -0.2) is 55.4 Å². The van der Waals surface area contributed by atoms with Gasteiger partial charge in [-0.15, -0.1) is 0 Å². The number of piperazine rings is 1. The lowest BCUT2D eigenvalue weighted by Crippen LogP contribution is -2.49. The van der Waals surface area contributed by atoms with Crippen molar-refractivity contribution in [3.05, 3.63) is 59.9 Å². The van der Waals surface area contributed by atoms with Crippen LogP contribution in [0.15, 0.2) is 48.5 Å². The van der Waals surface area contributed by atoms with E-state index < -0.39 is 6.10 Å². The topological polar surface area (TPSA) is 35.9 Å². The van der Waals surface area contributed by atoms with E-state index in [4.69, 9.17) is 4.74 Å². The van der Waals surface area contributed by atoms with Gasteiger partial charge in [-0.25, -0.2) is 4.39 Å². The fraction of sp³-hybridized carbons (Fsp3) is 0.520. The van der Waals surface area contributed by atoms with E-state index >= 15 is 0 Å². The summed E-state index contributed by atoms with van der Waals surface area (Å²) < 4.78 is 19.8. The van der Waals surface area contributed by atoms with Gasteiger partial charge in [-0.1, -0.05) is 43.5 Å². The van der Waals surface area contributed by atoms with Gasteiger partial charge in [-0.05, 0) is 48.6 Å². The van der Waals surface area contributed by atoms with Gasteiger partial charge in [0.1, 0.15) is 24.3 Å². The van der Waals surface area contributed by atoms with E-state index in [1.165, 1.54) is 43.7 Å². The van der Waals surface area contributed by atoms with Gasteiger partial charge in [0.05, 0.1) is 5.69 Å². The van der Waals surface area contributed by atoms with Crippen molar-refractivity contribution in [1.29, 1.82) is 0 Å². The predicted octanol–water partition coefficient (Wildman–Crippen LogP) is 4.44. The third-order valence-electron chi connectivity index (χ3n) is 6.43. The van der Waals surface area contributed by atoms with E-state index in [2.05, 4.69) is 21.9 Å². The van der Waals surface area contributed by atoms with Gasteiger partial charge >= 0.3 is 0 Å². The summed E-state index contributed by atoms with van der Waals surface area (Å²) >= 11 is 0. The Kier molecular flexibility index (Phi) is 7.24. The van der Waals surface area contributed by atoms with Crippen LogP contribution in [0.4, 0.5) is 10.1 Å². The molecule has 2 aromatic carbocycles. The smallest absolute Gasteiger partial charge is 0.146 e. The molecule has 30 heavy (non-hydrogen) atoms. The zero-order chi connectivity index (χ0) is 20.8. The molecular weight excluding hydrogens is 379 g/mol. The molecule has 2 aliphatic rings. The lowest BCUT2D eigenvalue weighted by Gasteiger charge is -2.36. The van der Waals surface area contributed by atoms with Crippen LogP contribution >= 0.6 is 0 Å². The number of para-hydroxylation sites is 1. The molecule has 4 rings (SSSR count). The molecule has 0 spiro atoms. The average molecular weight is 413 g/mol. The van der Waals surface area contributed by atoms with E-state index in [-0.39, 0.29) is 12.4 Å². The molecule has 1 heterocycles. The standard InChI is InChI=1S/C25H33FN2O2/c26-24-8-4-5-9-25(24)28-16-14-27(15-17-28)18-22(29)19-30-23-12-10-21(11-13-23)20-6-2-1-3-7-20/h4-5,8-13,20,22,29H,1-3,6-7,14-19H2/t22-/m0/s1. The molecule has 2 aromatic rings. The predicted molar refractivity (Wildman–Crippen MR) is 119 cm³/mol. The van der Waals surface area contributed by atoms with Crippen LogP contribution in [0.1, 0.15) is 43.6 Å². The number of aliphatic hydroxyl groups excluding tert-OH is 1. The summed E-state index contributed by atoms with van der Waals surface area (Å²) in [5.41, 5.74) is 2.08. The Bertz CT molecular complexity index is 784. The highest BCUT2D eigenvalue weighted by Gasteiger charge is 2.21. The molecule has 0 bridgehead atoms. The summed E-state index contributed by atoms with van der Waals surface area (Å²) in [5.74, 6) is 1.34. The number of hydrogen-bond acceptors (Lipinski definition) is 4. The number of benzene rings is 2. The molecule has 0 unspecified atom stereocenters. The molecule has 0 amide bonds. The number of ether oxygens (including phenoxy) is 1. The van der Waals surface area contributed by atoms with Crippen LogP contribution in [0.3, 0.4) is 0 Å². The maximum Gasteiger partial charge on any atom is 0.146 e. The van der Waals surface area contributed by atoms with E-state index in [0.29, 0.717) is 18.2 Å². The minimum atomic E-state index is -0.539. The van der Waals surface area contributed by atoms with Crippen LogP contribution < -0.4 is 9.64 Å². The van der Waals surface area contributed by atoms with Crippen molar-refractivity contribution in [2.24, 2.45) is 0 Å². The van der Waals surface area contributed by atoms with Crippen LogP contribution in [-0.2, 0) is 0 Å². The molecule has 0 aromatic heterocycles. The number of aliphatic hydroxyl groups is 1. The third kappa shape index (κ3) is 5.52. The van der Waals surface area contributed by atoms with Gasteiger partial charge < -0.3 is 14.7 Å². The Labute approximate surface area is 179 Å². The first-order chi connectivity index (χ1) is 14.7. The zero-order valence-electron chi connectivity index (χ0n) is 17.7. The summed E-state index contributed by atoms with van der Waals surface area (Å²) in [6.45, 7) is 4.00. The molecule has 5 heteroatoms. The van der Waals surface area contributed by atoms with Crippen molar-refractivity contribution in [2.45, 2.75) is 44.1 Å². The molecule has 1 aliphatic carbocycles. The van der Waals surface area contributed by atoms with E-state index in [1.54, 1.807) is 6.07 Å².